The van der Waals surface area contributed by atoms with Crippen molar-refractivity contribution in [1.82, 2.24) is 0 Å². The third-order valence-electron chi connectivity index (χ3n) is 6.97. The summed E-state index contributed by atoms with van der Waals surface area (Å²) in [6.07, 6.45) is -4.94. The highest BCUT2D eigenvalue weighted by molar-refractivity contribution is 5.94. The summed E-state index contributed by atoms with van der Waals surface area (Å²) in [4.78, 5) is 26.8. The highest BCUT2D eigenvalue weighted by atomic mass is 19.4. The van der Waals surface area contributed by atoms with E-state index in [4.69, 9.17) is 9.15 Å². The van der Waals surface area contributed by atoms with Crippen molar-refractivity contribution in [3.8, 4) is 0 Å². The average Bonchev–Trinajstić information content (AvgIpc) is 2.93. The maximum atomic E-state index is 13.2. The molecule has 0 amide bonds. The van der Waals surface area contributed by atoms with Gasteiger partial charge in [-0.25, -0.2) is 4.79 Å². The van der Waals surface area contributed by atoms with Crippen molar-refractivity contribution in [2.75, 3.05) is 29.9 Å². The van der Waals surface area contributed by atoms with Crippen molar-refractivity contribution >= 4 is 28.5 Å². The summed E-state index contributed by atoms with van der Waals surface area (Å²) < 4.78 is 51.1. The first-order valence-electron chi connectivity index (χ1n) is 12.7. The van der Waals surface area contributed by atoms with Crippen LogP contribution in [-0.2, 0) is 10.9 Å². The van der Waals surface area contributed by atoms with Crippen molar-refractivity contribution in [1.29, 1.82) is 0 Å². The number of halogens is 3. The van der Waals surface area contributed by atoms with Gasteiger partial charge in [0.1, 0.15) is 11.7 Å². The van der Waals surface area contributed by atoms with Crippen LogP contribution in [0.4, 0.5) is 24.7 Å². The van der Waals surface area contributed by atoms with Gasteiger partial charge < -0.3 is 24.5 Å². The monoisotopic (exact) mass is 552 g/mol. The number of carbonyl (C=O) groups is 1. The van der Waals surface area contributed by atoms with E-state index in [9.17, 15) is 27.9 Å². The summed E-state index contributed by atoms with van der Waals surface area (Å²) in [6, 6.07) is 16.1. The smallest absolute Gasteiger partial charge is 0.416 e. The van der Waals surface area contributed by atoms with Gasteiger partial charge in [0.25, 0.3) is 0 Å². The number of hydrogen-bond acceptors (Lipinski definition) is 6. The normalized spacial score (nSPS) is 16.6. The van der Waals surface area contributed by atoms with E-state index in [2.05, 4.69) is 5.32 Å². The predicted octanol–water partition coefficient (Wildman–Crippen LogP) is 6.57. The van der Waals surface area contributed by atoms with E-state index < -0.39 is 29.9 Å². The summed E-state index contributed by atoms with van der Waals surface area (Å²) in [5, 5.41) is 13.2. The number of nitrogens with one attached hydrogen (secondary N) is 1. The molecule has 4 aromatic rings. The second-order valence-electron chi connectivity index (χ2n) is 9.82. The van der Waals surface area contributed by atoms with E-state index in [1.807, 2.05) is 24.8 Å². The number of aryl methyl sites for hydroxylation is 1. The fourth-order valence-corrected chi connectivity index (χ4v) is 4.94. The van der Waals surface area contributed by atoms with E-state index >= 15 is 0 Å². The van der Waals surface area contributed by atoms with Crippen LogP contribution in [0, 0.1) is 6.92 Å². The Kier molecular flexibility index (Phi) is 7.29. The molecule has 1 aliphatic heterocycles. The van der Waals surface area contributed by atoms with Gasteiger partial charge in [0.05, 0.1) is 35.7 Å². The zero-order valence-corrected chi connectivity index (χ0v) is 21.8. The van der Waals surface area contributed by atoms with Gasteiger partial charge in [-0.1, -0.05) is 30.3 Å². The van der Waals surface area contributed by atoms with Crippen LogP contribution in [0.25, 0.3) is 11.0 Å². The maximum Gasteiger partial charge on any atom is 0.416 e. The molecule has 7 nitrogen and oxygen atoms in total. The minimum absolute atomic E-state index is 0.121. The second-order valence-corrected chi connectivity index (χ2v) is 9.82. The second kappa shape index (κ2) is 10.7. The molecule has 208 valence electrons. The number of benzene rings is 3. The molecule has 1 aromatic heterocycles. The van der Waals surface area contributed by atoms with Gasteiger partial charge in [0, 0.05) is 23.9 Å². The van der Waals surface area contributed by atoms with Gasteiger partial charge >= 0.3 is 12.1 Å². The molecule has 0 saturated carbocycles. The van der Waals surface area contributed by atoms with Gasteiger partial charge in [0.15, 0.2) is 11.3 Å². The molecule has 0 radical (unpaired) electrons. The number of aromatic carboxylic acids is 1. The lowest BCUT2D eigenvalue weighted by molar-refractivity contribution is -0.137. The van der Waals surface area contributed by atoms with Gasteiger partial charge in [-0.2, -0.15) is 13.2 Å². The molecule has 3 aromatic carbocycles. The number of ether oxygens (including phenoxy) is 1. The molecule has 1 saturated heterocycles. The zero-order chi connectivity index (χ0) is 28.6. The minimum Gasteiger partial charge on any atom is -0.478 e. The van der Waals surface area contributed by atoms with Crippen LogP contribution in [-0.4, -0.2) is 30.8 Å². The molecule has 40 heavy (non-hydrogen) atoms. The number of alkyl halides is 3. The molecule has 0 bridgehead atoms. The first-order valence-corrected chi connectivity index (χ1v) is 12.7. The number of rotatable bonds is 6. The number of para-hydroxylation sites is 1. The number of carboxylic acid groups (broad SMARTS) is 1. The van der Waals surface area contributed by atoms with Crippen LogP contribution in [0.2, 0.25) is 0 Å². The first kappa shape index (κ1) is 27.3. The molecular formula is C30H27F3N2O5. The minimum atomic E-state index is -4.43. The fourth-order valence-electron chi connectivity index (χ4n) is 4.94. The SMILES string of the molecule is Cc1cc([C@@H](C)Nc2ccccc2C(=O)O)c2oc(N3CCO[C@H](c4ccc(C(F)(F)F)cc4)C3)cc(=O)c2c1. The van der Waals surface area contributed by atoms with Crippen molar-refractivity contribution in [3.05, 3.63) is 105 Å². The number of carboxylic acids is 1. The zero-order valence-electron chi connectivity index (χ0n) is 21.8. The fraction of sp³-hybridized carbons (Fsp3) is 0.267. The Bertz CT molecular complexity index is 1610. The predicted molar refractivity (Wildman–Crippen MR) is 145 cm³/mol. The summed E-state index contributed by atoms with van der Waals surface area (Å²) >= 11 is 0. The summed E-state index contributed by atoms with van der Waals surface area (Å²) in [6.45, 7) is 4.71. The lowest BCUT2D eigenvalue weighted by atomic mass is 10.0. The van der Waals surface area contributed by atoms with Crippen molar-refractivity contribution in [2.24, 2.45) is 0 Å². The third-order valence-corrected chi connectivity index (χ3v) is 6.97. The molecule has 0 unspecified atom stereocenters. The Morgan fingerprint density at radius 2 is 1.82 bits per heavy atom. The van der Waals surface area contributed by atoms with Crippen molar-refractivity contribution in [2.45, 2.75) is 32.2 Å². The Hall–Kier alpha value is -4.31. The molecule has 0 aliphatic carbocycles. The number of fused-ring (bicyclic) bond motifs is 1. The van der Waals surface area contributed by atoms with Crippen LogP contribution in [0.5, 0.6) is 0 Å². The molecule has 1 aliphatic rings. The van der Waals surface area contributed by atoms with E-state index in [0.717, 1.165) is 17.7 Å². The highest BCUT2D eigenvalue weighted by Gasteiger charge is 2.31. The van der Waals surface area contributed by atoms with Gasteiger partial charge in [-0.05, 0) is 55.3 Å². The van der Waals surface area contributed by atoms with Crippen LogP contribution in [0.1, 0.15) is 51.7 Å². The van der Waals surface area contributed by atoms with E-state index in [0.29, 0.717) is 40.2 Å². The number of nitrogens with zero attached hydrogens (tertiary/aromatic N) is 1. The van der Waals surface area contributed by atoms with Gasteiger partial charge in [-0.15, -0.1) is 0 Å². The van der Waals surface area contributed by atoms with Crippen molar-refractivity contribution in [3.63, 3.8) is 0 Å². The highest BCUT2D eigenvalue weighted by Crippen LogP contribution is 2.34. The molecule has 10 heteroatoms. The molecule has 2 N–H and O–H groups in total. The van der Waals surface area contributed by atoms with Crippen LogP contribution in [0.3, 0.4) is 0 Å². The molecule has 1 fully saturated rings. The van der Waals surface area contributed by atoms with E-state index in [1.165, 1.54) is 24.3 Å². The van der Waals surface area contributed by atoms with Crippen LogP contribution < -0.4 is 15.6 Å². The maximum absolute atomic E-state index is 13.2. The molecule has 2 heterocycles. The summed E-state index contributed by atoms with van der Waals surface area (Å²) in [7, 11) is 0. The molecule has 0 spiro atoms. The third kappa shape index (κ3) is 5.53. The summed E-state index contributed by atoms with van der Waals surface area (Å²) in [5.41, 5.74) is 2.07. The Labute approximate surface area is 227 Å². The topological polar surface area (TPSA) is 92.0 Å². The Morgan fingerprint density at radius 3 is 2.52 bits per heavy atom. The average molecular weight is 553 g/mol. The Morgan fingerprint density at radius 1 is 1.10 bits per heavy atom. The molecular weight excluding hydrogens is 525 g/mol. The first-order chi connectivity index (χ1) is 19.0. The van der Waals surface area contributed by atoms with Gasteiger partial charge in [0.2, 0.25) is 0 Å². The largest absolute Gasteiger partial charge is 0.478 e. The molecule has 5 rings (SSSR count). The van der Waals surface area contributed by atoms with E-state index in [1.54, 1.807) is 24.3 Å². The van der Waals surface area contributed by atoms with Crippen molar-refractivity contribution < 1.29 is 32.2 Å². The Balaban J connectivity index is 1.47. The van der Waals surface area contributed by atoms with Crippen LogP contribution in [0.15, 0.2) is 75.9 Å². The quantitative estimate of drug-likeness (QED) is 0.280. The lowest BCUT2D eigenvalue weighted by Gasteiger charge is -2.33. The van der Waals surface area contributed by atoms with Crippen LogP contribution >= 0.6 is 0 Å². The number of anilines is 2. The van der Waals surface area contributed by atoms with Gasteiger partial charge in [-0.3, -0.25) is 4.79 Å². The lowest BCUT2D eigenvalue weighted by Crippen LogP contribution is -2.38. The van der Waals surface area contributed by atoms with E-state index in [-0.39, 0.29) is 24.1 Å². The number of hydrogen-bond donors (Lipinski definition) is 2. The standard InChI is InChI=1S/C30H27F3N2O5/c1-17-13-22(18(2)34-24-6-4-3-5-21(24)29(37)38)28-23(14-17)25(36)15-27(40-28)35-11-12-39-26(16-35)19-7-9-20(10-8-19)30(31,32)33/h3-10,13-15,18,26,34H,11-12,16H2,1-2H3,(H,37,38)/t18-,26+/m1/s1. The number of morpholine rings is 1. The molecule has 2 atom stereocenters. The summed E-state index contributed by atoms with van der Waals surface area (Å²) in [5.74, 6) is -0.742.